The van der Waals surface area contributed by atoms with E-state index in [9.17, 15) is 4.79 Å². The fourth-order valence-electron chi connectivity index (χ4n) is 2.30. The van der Waals surface area contributed by atoms with Gasteiger partial charge in [0.15, 0.2) is 0 Å². The monoisotopic (exact) mass is 263 g/mol. The van der Waals surface area contributed by atoms with Crippen LogP contribution in [0.15, 0.2) is 18.2 Å². The lowest BCUT2D eigenvalue weighted by molar-refractivity contribution is -0.128. The first-order valence-electron chi connectivity index (χ1n) is 6.53. The highest BCUT2D eigenvalue weighted by atomic mass is 16.5. The summed E-state index contributed by atoms with van der Waals surface area (Å²) in [6, 6.07) is 5.49. The standard InChI is InChI=1S/C14H21N3O2/c1-16(10-14(18)17-5-3-4-6-17)12-7-11(15)8-13(9-12)19-2/h7-9H,3-6,10,15H2,1-2H3. The lowest BCUT2D eigenvalue weighted by atomic mass is 10.2. The number of nitrogen functional groups attached to an aromatic ring is 1. The number of hydrogen-bond donors (Lipinski definition) is 1. The average molecular weight is 263 g/mol. The normalized spacial score (nSPS) is 14.5. The molecule has 1 aromatic carbocycles. The Labute approximate surface area is 113 Å². The van der Waals surface area contributed by atoms with E-state index in [1.54, 1.807) is 13.2 Å². The molecule has 0 radical (unpaired) electrons. The molecule has 0 aromatic heterocycles. The van der Waals surface area contributed by atoms with Crippen LogP contribution in [0.1, 0.15) is 12.8 Å². The van der Waals surface area contributed by atoms with Crippen LogP contribution in [0.4, 0.5) is 11.4 Å². The molecular weight excluding hydrogens is 242 g/mol. The molecule has 104 valence electrons. The van der Waals surface area contributed by atoms with Crippen LogP contribution < -0.4 is 15.4 Å². The smallest absolute Gasteiger partial charge is 0.242 e. The number of hydrogen-bond acceptors (Lipinski definition) is 4. The van der Waals surface area contributed by atoms with Crippen molar-refractivity contribution in [3.05, 3.63) is 18.2 Å². The van der Waals surface area contributed by atoms with Gasteiger partial charge in [0.05, 0.1) is 13.7 Å². The number of carbonyl (C=O) groups is 1. The van der Waals surface area contributed by atoms with Crippen molar-refractivity contribution < 1.29 is 9.53 Å². The summed E-state index contributed by atoms with van der Waals surface area (Å²) in [5.74, 6) is 0.872. The summed E-state index contributed by atoms with van der Waals surface area (Å²) >= 11 is 0. The first kappa shape index (κ1) is 13.5. The van der Waals surface area contributed by atoms with Crippen molar-refractivity contribution in [1.29, 1.82) is 0 Å². The molecule has 1 heterocycles. The lowest BCUT2D eigenvalue weighted by Gasteiger charge is -2.23. The molecule has 0 saturated carbocycles. The summed E-state index contributed by atoms with van der Waals surface area (Å²) in [5.41, 5.74) is 7.35. The quantitative estimate of drug-likeness (QED) is 0.833. The van der Waals surface area contributed by atoms with Gasteiger partial charge in [0.1, 0.15) is 5.75 Å². The molecule has 0 atom stereocenters. The summed E-state index contributed by atoms with van der Waals surface area (Å²) < 4.78 is 5.19. The van der Waals surface area contributed by atoms with Gasteiger partial charge in [0, 0.05) is 43.6 Å². The second-order valence-corrected chi connectivity index (χ2v) is 4.91. The van der Waals surface area contributed by atoms with Crippen molar-refractivity contribution in [2.24, 2.45) is 0 Å². The maximum absolute atomic E-state index is 12.1. The lowest BCUT2D eigenvalue weighted by Crippen LogP contribution is -2.37. The van der Waals surface area contributed by atoms with Crippen LogP contribution in [0.5, 0.6) is 5.75 Å². The number of nitrogens with zero attached hydrogens (tertiary/aromatic N) is 2. The van der Waals surface area contributed by atoms with E-state index in [0.29, 0.717) is 18.0 Å². The van der Waals surface area contributed by atoms with Gasteiger partial charge in [-0.05, 0) is 18.9 Å². The predicted molar refractivity (Wildman–Crippen MR) is 76.5 cm³/mol. The molecule has 5 nitrogen and oxygen atoms in total. The number of benzene rings is 1. The SMILES string of the molecule is COc1cc(N)cc(N(C)CC(=O)N2CCCC2)c1. The maximum atomic E-state index is 12.1. The molecule has 19 heavy (non-hydrogen) atoms. The Hall–Kier alpha value is -1.91. The Bertz CT molecular complexity index is 456. The summed E-state index contributed by atoms with van der Waals surface area (Å²) in [6.07, 6.45) is 2.23. The highest BCUT2D eigenvalue weighted by Crippen LogP contribution is 2.24. The van der Waals surface area contributed by atoms with Gasteiger partial charge in [0.2, 0.25) is 5.91 Å². The van der Waals surface area contributed by atoms with E-state index in [4.69, 9.17) is 10.5 Å². The van der Waals surface area contributed by atoms with Gasteiger partial charge >= 0.3 is 0 Å². The van der Waals surface area contributed by atoms with E-state index in [1.807, 2.05) is 29.0 Å². The molecule has 1 saturated heterocycles. The third-order valence-corrected chi connectivity index (χ3v) is 3.42. The topological polar surface area (TPSA) is 58.8 Å². The van der Waals surface area contributed by atoms with Gasteiger partial charge < -0.3 is 20.3 Å². The Morgan fingerprint density at radius 3 is 2.68 bits per heavy atom. The molecule has 1 aromatic rings. The Kier molecular flexibility index (Phi) is 4.14. The van der Waals surface area contributed by atoms with Gasteiger partial charge in [-0.1, -0.05) is 0 Å². The summed E-state index contributed by atoms with van der Waals surface area (Å²) in [5, 5.41) is 0. The number of methoxy groups -OCH3 is 1. The summed E-state index contributed by atoms with van der Waals surface area (Å²) in [4.78, 5) is 15.9. The molecule has 2 N–H and O–H groups in total. The van der Waals surface area contributed by atoms with Crippen molar-refractivity contribution >= 4 is 17.3 Å². The number of likely N-dealkylation sites (tertiary alicyclic amines) is 1. The van der Waals surface area contributed by atoms with Crippen molar-refractivity contribution in [3.8, 4) is 5.75 Å². The summed E-state index contributed by atoms with van der Waals surface area (Å²) in [6.45, 7) is 2.13. The molecule has 0 aliphatic carbocycles. The zero-order chi connectivity index (χ0) is 13.8. The fourth-order valence-corrected chi connectivity index (χ4v) is 2.30. The molecule has 1 aliphatic heterocycles. The van der Waals surface area contributed by atoms with Gasteiger partial charge in [-0.25, -0.2) is 0 Å². The van der Waals surface area contributed by atoms with Gasteiger partial charge in [-0.2, -0.15) is 0 Å². The Balaban J connectivity index is 2.04. The molecule has 2 rings (SSSR count). The first-order chi connectivity index (χ1) is 9.10. The Morgan fingerprint density at radius 1 is 1.37 bits per heavy atom. The van der Waals surface area contributed by atoms with Crippen LogP contribution in [0.3, 0.4) is 0 Å². The van der Waals surface area contributed by atoms with Crippen LogP contribution in [0.25, 0.3) is 0 Å². The maximum Gasteiger partial charge on any atom is 0.242 e. The zero-order valence-electron chi connectivity index (χ0n) is 11.6. The molecule has 0 unspecified atom stereocenters. The number of nitrogens with two attached hydrogens (primary N) is 1. The van der Waals surface area contributed by atoms with Crippen LogP contribution in [0.2, 0.25) is 0 Å². The molecule has 0 bridgehead atoms. The van der Waals surface area contributed by atoms with Crippen molar-refractivity contribution in [2.45, 2.75) is 12.8 Å². The van der Waals surface area contributed by atoms with E-state index in [1.165, 1.54) is 0 Å². The molecule has 1 aliphatic rings. The number of likely N-dealkylation sites (N-methyl/N-ethyl adjacent to an activating group) is 1. The van der Waals surface area contributed by atoms with Crippen LogP contribution >= 0.6 is 0 Å². The highest BCUT2D eigenvalue weighted by Gasteiger charge is 2.19. The number of anilines is 2. The van der Waals surface area contributed by atoms with E-state index in [0.717, 1.165) is 31.6 Å². The first-order valence-corrected chi connectivity index (χ1v) is 6.53. The second kappa shape index (κ2) is 5.82. The van der Waals surface area contributed by atoms with Crippen molar-refractivity contribution in [2.75, 3.05) is 44.4 Å². The second-order valence-electron chi connectivity index (χ2n) is 4.91. The minimum Gasteiger partial charge on any atom is -0.497 e. The molecular formula is C14H21N3O2. The fraction of sp³-hybridized carbons (Fsp3) is 0.500. The predicted octanol–water partition coefficient (Wildman–Crippen LogP) is 1.34. The highest BCUT2D eigenvalue weighted by molar-refractivity contribution is 5.82. The van der Waals surface area contributed by atoms with E-state index >= 15 is 0 Å². The van der Waals surface area contributed by atoms with Gasteiger partial charge in [-0.15, -0.1) is 0 Å². The van der Waals surface area contributed by atoms with E-state index in [2.05, 4.69) is 0 Å². The zero-order valence-corrected chi connectivity index (χ0v) is 11.6. The van der Waals surface area contributed by atoms with E-state index in [-0.39, 0.29) is 5.91 Å². The average Bonchev–Trinajstić information content (AvgIpc) is 2.91. The number of rotatable bonds is 4. The third-order valence-electron chi connectivity index (χ3n) is 3.42. The van der Waals surface area contributed by atoms with Crippen LogP contribution in [0, 0.1) is 0 Å². The minimum atomic E-state index is 0.168. The third kappa shape index (κ3) is 3.30. The van der Waals surface area contributed by atoms with Gasteiger partial charge in [0.25, 0.3) is 0 Å². The number of amides is 1. The van der Waals surface area contributed by atoms with Crippen molar-refractivity contribution in [1.82, 2.24) is 4.90 Å². The minimum absolute atomic E-state index is 0.168. The summed E-state index contributed by atoms with van der Waals surface area (Å²) in [7, 11) is 3.50. The van der Waals surface area contributed by atoms with Crippen LogP contribution in [-0.4, -0.2) is 44.6 Å². The molecule has 1 fully saturated rings. The molecule has 5 heteroatoms. The largest absolute Gasteiger partial charge is 0.497 e. The van der Waals surface area contributed by atoms with E-state index < -0.39 is 0 Å². The van der Waals surface area contributed by atoms with Crippen molar-refractivity contribution in [3.63, 3.8) is 0 Å². The number of ether oxygens (including phenoxy) is 1. The number of carbonyl (C=O) groups excluding carboxylic acids is 1. The Morgan fingerprint density at radius 2 is 2.05 bits per heavy atom. The molecule has 1 amide bonds. The van der Waals surface area contributed by atoms with Crippen LogP contribution in [-0.2, 0) is 4.79 Å². The van der Waals surface area contributed by atoms with Gasteiger partial charge in [-0.3, -0.25) is 4.79 Å². The molecule has 0 spiro atoms.